The summed E-state index contributed by atoms with van der Waals surface area (Å²) in [4.78, 5) is 9.46. The average molecular weight is 308 g/mol. The Bertz CT molecular complexity index is 745. The van der Waals surface area contributed by atoms with Gasteiger partial charge in [0.15, 0.2) is 0 Å². The van der Waals surface area contributed by atoms with Crippen LogP contribution in [0.2, 0.25) is 0 Å². The molecule has 0 radical (unpaired) electrons. The summed E-state index contributed by atoms with van der Waals surface area (Å²) < 4.78 is 0. The first kappa shape index (κ1) is 15.8. The van der Waals surface area contributed by atoms with Crippen molar-refractivity contribution in [3.63, 3.8) is 0 Å². The van der Waals surface area contributed by atoms with Gasteiger partial charge in [-0.25, -0.2) is 4.98 Å². The van der Waals surface area contributed by atoms with Gasteiger partial charge >= 0.3 is 0 Å². The van der Waals surface area contributed by atoms with Gasteiger partial charge in [0.05, 0.1) is 11.1 Å². The lowest BCUT2D eigenvalue weighted by Gasteiger charge is -2.30. The zero-order valence-electron chi connectivity index (χ0n) is 14.2. The number of anilines is 1. The highest BCUT2D eigenvalue weighted by molar-refractivity contribution is 5.87. The first-order valence-corrected chi connectivity index (χ1v) is 8.32. The van der Waals surface area contributed by atoms with Crippen LogP contribution in [0, 0.1) is 18.3 Å². The number of pyridine rings is 1. The third-order valence-electron chi connectivity index (χ3n) is 4.92. The Morgan fingerprint density at radius 1 is 1.26 bits per heavy atom. The Labute approximate surface area is 138 Å². The van der Waals surface area contributed by atoms with Crippen LogP contribution in [0.4, 0.5) is 5.82 Å². The van der Waals surface area contributed by atoms with Gasteiger partial charge in [-0.15, -0.1) is 0 Å². The molecule has 1 unspecified atom stereocenters. The summed E-state index contributed by atoms with van der Waals surface area (Å²) in [5, 5.41) is 10.8. The lowest BCUT2D eigenvalue weighted by molar-refractivity contribution is 0.285. The van der Waals surface area contributed by atoms with Crippen molar-refractivity contribution >= 4 is 16.7 Å². The second-order valence-corrected chi connectivity index (χ2v) is 6.62. The van der Waals surface area contributed by atoms with Crippen LogP contribution in [-0.2, 0) is 0 Å². The monoisotopic (exact) mass is 308 g/mol. The zero-order chi connectivity index (χ0) is 16.4. The third-order valence-corrected chi connectivity index (χ3v) is 4.92. The van der Waals surface area contributed by atoms with Crippen LogP contribution in [0.15, 0.2) is 24.3 Å². The number of aromatic nitrogens is 1. The van der Waals surface area contributed by atoms with Crippen LogP contribution in [-0.4, -0.2) is 43.1 Å². The molecule has 0 spiro atoms. The third kappa shape index (κ3) is 3.02. The Morgan fingerprint density at radius 2 is 2.04 bits per heavy atom. The predicted molar refractivity (Wildman–Crippen MR) is 94.7 cm³/mol. The lowest BCUT2D eigenvalue weighted by atomic mass is 10.0. The molecule has 0 amide bonds. The first-order valence-electron chi connectivity index (χ1n) is 8.32. The molecule has 1 aromatic carbocycles. The summed E-state index contributed by atoms with van der Waals surface area (Å²) in [5.41, 5.74) is 2.74. The van der Waals surface area contributed by atoms with E-state index in [1.54, 1.807) is 0 Å². The molecule has 0 bridgehead atoms. The fourth-order valence-electron chi connectivity index (χ4n) is 3.46. The summed E-state index contributed by atoms with van der Waals surface area (Å²) >= 11 is 0. The molecular weight excluding hydrogens is 284 g/mol. The molecule has 4 nitrogen and oxygen atoms in total. The van der Waals surface area contributed by atoms with Crippen LogP contribution >= 0.6 is 0 Å². The molecular formula is C19H24N4. The van der Waals surface area contributed by atoms with Gasteiger partial charge in [-0.05, 0) is 45.5 Å². The summed E-state index contributed by atoms with van der Waals surface area (Å²) in [7, 11) is 4.27. The summed E-state index contributed by atoms with van der Waals surface area (Å²) in [6, 6.07) is 11.0. The fourth-order valence-corrected chi connectivity index (χ4v) is 3.46. The largest absolute Gasteiger partial charge is 0.354 e. The topological polar surface area (TPSA) is 43.2 Å². The van der Waals surface area contributed by atoms with Crippen molar-refractivity contribution in [2.45, 2.75) is 32.2 Å². The maximum Gasteiger partial charge on any atom is 0.147 e. The smallest absolute Gasteiger partial charge is 0.147 e. The van der Waals surface area contributed by atoms with Crippen LogP contribution in [0.1, 0.15) is 30.4 Å². The second kappa shape index (κ2) is 6.55. The van der Waals surface area contributed by atoms with E-state index in [1.807, 2.05) is 31.2 Å². The van der Waals surface area contributed by atoms with Gasteiger partial charge < -0.3 is 9.80 Å². The SMILES string of the molecule is Cc1c(C#N)c(N2CCCCC(N(C)C)C2)nc2ccccc12. The Morgan fingerprint density at radius 3 is 2.78 bits per heavy atom. The van der Waals surface area contributed by atoms with E-state index in [1.165, 1.54) is 12.8 Å². The van der Waals surface area contributed by atoms with Gasteiger partial charge in [0, 0.05) is 24.5 Å². The van der Waals surface area contributed by atoms with E-state index in [-0.39, 0.29) is 0 Å². The molecule has 4 heteroatoms. The number of benzene rings is 1. The zero-order valence-corrected chi connectivity index (χ0v) is 14.2. The quantitative estimate of drug-likeness (QED) is 0.853. The van der Waals surface area contributed by atoms with Crippen LogP contribution in [0.25, 0.3) is 10.9 Å². The minimum atomic E-state index is 0.512. The van der Waals surface area contributed by atoms with E-state index in [9.17, 15) is 5.26 Å². The van der Waals surface area contributed by atoms with E-state index in [4.69, 9.17) is 4.98 Å². The Balaban J connectivity index is 2.09. The lowest BCUT2D eigenvalue weighted by Crippen LogP contribution is -2.39. The minimum Gasteiger partial charge on any atom is -0.354 e. The van der Waals surface area contributed by atoms with Gasteiger partial charge in [-0.3, -0.25) is 0 Å². The van der Waals surface area contributed by atoms with E-state index in [0.29, 0.717) is 6.04 Å². The molecule has 1 atom stereocenters. The number of nitrogens with zero attached hydrogens (tertiary/aromatic N) is 4. The molecule has 3 rings (SSSR count). The van der Waals surface area contributed by atoms with Crippen molar-refractivity contribution in [1.29, 1.82) is 5.26 Å². The number of rotatable bonds is 2. The number of fused-ring (bicyclic) bond motifs is 1. The normalized spacial score (nSPS) is 18.9. The van der Waals surface area contributed by atoms with Crippen LogP contribution in [0.3, 0.4) is 0 Å². The van der Waals surface area contributed by atoms with E-state index in [2.05, 4.69) is 30.0 Å². The molecule has 0 N–H and O–H groups in total. The van der Waals surface area contributed by atoms with Gasteiger partial charge in [0.25, 0.3) is 0 Å². The highest BCUT2D eigenvalue weighted by atomic mass is 15.2. The fraction of sp³-hybridized carbons (Fsp3) is 0.474. The van der Waals surface area contributed by atoms with Gasteiger partial charge in [-0.2, -0.15) is 5.26 Å². The average Bonchev–Trinajstić information content (AvgIpc) is 2.81. The molecule has 2 aromatic rings. The van der Waals surface area contributed by atoms with Crippen molar-refractivity contribution in [2.75, 3.05) is 32.1 Å². The Hall–Kier alpha value is -2.12. The highest BCUT2D eigenvalue weighted by Gasteiger charge is 2.24. The van der Waals surface area contributed by atoms with Crippen molar-refractivity contribution in [3.05, 3.63) is 35.4 Å². The van der Waals surface area contributed by atoms with Crippen molar-refractivity contribution < 1.29 is 0 Å². The maximum atomic E-state index is 9.71. The highest BCUT2D eigenvalue weighted by Crippen LogP contribution is 2.29. The molecule has 0 saturated carbocycles. The first-order chi connectivity index (χ1) is 11.1. The molecule has 120 valence electrons. The number of para-hydroxylation sites is 1. The molecule has 1 fully saturated rings. The standard InChI is InChI=1S/C19H24N4/c1-14-16-9-4-5-10-18(16)21-19(17(14)12-20)23-11-7-6-8-15(13-23)22(2)3/h4-5,9-10,15H,6-8,11,13H2,1-3H3. The van der Waals surface area contributed by atoms with Crippen LogP contribution < -0.4 is 4.90 Å². The Kier molecular flexibility index (Phi) is 4.49. The molecule has 23 heavy (non-hydrogen) atoms. The number of likely N-dealkylation sites (N-methyl/N-ethyl adjacent to an activating group) is 1. The molecule has 1 aliphatic rings. The summed E-state index contributed by atoms with van der Waals surface area (Å²) in [6.07, 6.45) is 3.59. The van der Waals surface area contributed by atoms with Crippen LogP contribution in [0.5, 0.6) is 0 Å². The van der Waals surface area contributed by atoms with Crippen molar-refractivity contribution in [1.82, 2.24) is 9.88 Å². The van der Waals surface area contributed by atoms with Gasteiger partial charge in [-0.1, -0.05) is 24.6 Å². The van der Waals surface area contributed by atoms with Gasteiger partial charge in [0.2, 0.25) is 0 Å². The van der Waals surface area contributed by atoms with Crippen molar-refractivity contribution in [2.24, 2.45) is 0 Å². The van der Waals surface area contributed by atoms with Crippen molar-refractivity contribution in [3.8, 4) is 6.07 Å². The second-order valence-electron chi connectivity index (χ2n) is 6.62. The maximum absolute atomic E-state index is 9.71. The van der Waals surface area contributed by atoms with E-state index in [0.717, 1.165) is 47.4 Å². The predicted octanol–water partition coefficient (Wildman–Crippen LogP) is 3.34. The van der Waals surface area contributed by atoms with E-state index >= 15 is 0 Å². The number of hydrogen-bond acceptors (Lipinski definition) is 4. The molecule has 2 heterocycles. The number of aryl methyl sites for hydroxylation is 1. The number of nitriles is 1. The molecule has 1 aliphatic heterocycles. The minimum absolute atomic E-state index is 0.512. The molecule has 1 saturated heterocycles. The summed E-state index contributed by atoms with van der Waals surface area (Å²) in [6.45, 7) is 3.95. The number of hydrogen-bond donors (Lipinski definition) is 0. The summed E-state index contributed by atoms with van der Waals surface area (Å²) in [5.74, 6) is 0.859. The van der Waals surface area contributed by atoms with Gasteiger partial charge in [0.1, 0.15) is 11.9 Å². The molecule has 1 aromatic heterocycles. The van der Waals surface area contributed by atoms with E-state index < -0.39 is 0 Å². The molecule has 0 aliphatic carbocycles.